The Bertz CT molecular complexity index is 1340. The van der Waals surface area contributed by atoms with Gasteiger partial charge in [-0.15, -0.1) is 22.7 Å². The zero-order chi connectivity index (χ0) is 23.9. The summed E-state index contributed by atoms with van der Waals surface area (Å²) in [6.45, 7) is 1.13. The van der Waals surface area contributed by atoms with E-state index in [0.717, 1.165) is 17.4 Å². The van der Waals surface area contributed by atoms with E-state index in [1.807, 2.05) is 0 Å². The van der Waals surface area contributed by atoms with Crippen LogP contribution in [0.1, 0.15) is 26.6 Å². The topological polar surface area (TPSA) is 107 Å². The largest absolute Gasteiger partial charge is 0.453 e. The van der Waals surface area contributed by atoms with Gasteiger partial charge in [-0.1, -0.05) is 6.07 Å². The molecule has 13 heteroatoms. The fourth-order valence-corrected chi connectivity index (χ4v) is 4.88. The van der Waals surface area contributed by atoms with Gasteiger partial charge in [0.1, 0.15) is 9.71 Å². The molecule has 0 radical (unpaired) electrons. The number of esters is 1. The summed E-state index contributed by atoms with van der Waals surface area (Å²) < 4.78 is 46.9. The van der Waals surface area contributed by atoms with Gasteiger partial charge < -0.3 is 15.4 Å². The number of nitrogens with two attached hydrogens (primary N) is 1. The highest BCUT2D eigenvalue weighted by molar-refractivity contribution is 7.20. The molecule has 0 unspecified atom stereocenters. The Morgan fingerprint density at radius 2 is 1.97 bits per heavy atom. The SMILES string of the molecule is Cc1c(C(=O)OCc2nc(N)nc(N(C)C)n2)sc2nc(-c3cccs3)cc(C(F)(F)F)c12. The third kappa shape index (κ3) is 4.59. The predicted octanol–water partition coefficient (Wildman–Crippen LogP) is 4.54. The van der Waals surface area contributed by atoms with E-state index in [-0.39, 0.29) is 50.7 Å². The molecule has 0 saturated heterocycles. The molecule has 4 heterocycles. The summed E-state index contributed by atoms with van der Waals surface area (Å²) in [5.41, 5.74) is 5.17. The van der Waals surface area contributed by atoms with Gasteiger partial charge in [0.2, 0.25) is 11.9 Å². The summed E-state index contributed by atoms with van der Waals surface area (Å²) in [7, 11) is 3.42. The molecule has 0 aliphatic rings. The lowest BCUT2D eigenvalue weighted by molar-refractivity contribution is -0.136. The van der Waals surface area contributed by atoms with E-state index in [0.29, 0.717) is 4.88 Å². The van der Waals surface area contributed by atoms with Crippen molar-refractivity contribution in [2.75, 3.05) is 24.7 Å². The number of anilines is 2. The number of fused-ring (bicyclic) bond motifs is 1. The van der Waals surface area contributed by atoms with Crippen LogP contribution in [0.4, 0.5) is 25.1 Å². The van der Waals surface area contributed by atoms with Crippen molar-refractivity contribution in [2.45, 2.75) is 19.7 Å². The average Bonchev–Trinajstić information content (AvgIpc) is 3.39. The van der Waals surface area contributed by atoms with E-state index in [1.54, 1.807) is 36.5 Å². The van der Waals surface area contributed by atoms with E-state index in [9.17, 15) is 18.0 Å². The van der Waals surface area contributed by atoms with Crippen LogP contribution in [0.15, 0.2) is 23.6 Å². The number of rotatable bonds is 5. The number of thiophene rings is 2. The summed E-state index contributed by atoms with van der Waals surface area (Å²) in [4.78, 5) is 31.5. The standard InChI is InChI=1S/C20H17F3N6O2S2/c1-9-14-10(20(21,22)23)7-11(12-5-4-6-32-12)25-16(14)33-15(9)17(30)31-8-13-26-18(24)28-19(27-13)29(2)3/h4-7H,8H2,1-3H3,(H2,24,26,27,28). The Morgan fingerprint density at radius 3 is 2.61 bits per heavy atom. The second-order valence-electron chi connectivity index (χ2n) is 7.15. The van der Waals surface area contributed by atoms with Gasteiger partial charge in [0.15, 0.2) is 12.4 Å². The van der Waals surface area contributed by atoms with Gasteiger partial charge in [-0.2, -0.15) is 28.1 Å². The van der Waals surface area contributed by atoms with Gasteiger partial charge in [-0.25, -0.2) is 9.78 Å². The van der Waals surface area contributed by atoms with Crippen molar-refractivity contribution in [1.29, 1.82) is 0 Å². The predicted molar refractivity (Wildman–Crippen MR) is 120 cm³/mol. The van der Waals surface area contributed by atoms with Crippen LogP contribution in [0.25, 0.3) is 20.8 Å². The smallest absolute Gasteiger partial charge is 0.417 e. The zero-order valence-electron chi connectivity index (χ0n) is 17.6. The summed E-state index contributed by atoms with van der Waals surface area (Å²) >= 11 is 2.13. The van der Waals surface area contributed by atoms with Gasteiger partial charge in [-0.3, -0.25) is 0 Å². The first-order chi connectivity index (χ1) is 15.5. The lowest BCUT2D eigenvalue weighted by Gasteiger charge is -2.11. The second-order valence-corrected chi connectivity index (χ2v) is 9.09. The number of nitrogen functional groups attached to an aromatic ring is 1. The van der Waals surface area contributed by atoms with E-state index in [2.05, 4.69) is 19.9 Å². The number of nitrogens with zero attached hydrogens (tertiary/aromatic N) is 5. The Hall–Kier alpha value is -3.32. The molecule has 8 nitrogen and oxygen atoms in total. The number of aryl methyl sites for hydroxylation is 1. The van der Waals surface area contributed by atoms with Crippen LogP contribution >= 0.6 is 22.7 Å². The molecule has 0 aliphatic carbocycles. The van der Waals surface area contributed by atoms with Gasteiger partial charge >= 0.3 is 12.1 Å². The Labute approximate surface area is 193 Å². The van der Waals surface area contributed by atoms with Crippen molar-refractivity contribution in [2.24, 2.45) is 0 Å². The number of hydrogen-bond donors (Lipinski definition) is 1. The maximum absolute atomic E-state index is 13.9. The van der Waals surface area contributed by atoms with Crippen LogP contribution in [0.5, 0.6) is 0 Å². The van der Waals surface area contributed by atoms with E-state index in [1.165, 1.54) is 18.3 Å². The Kier molecular flexibility index (Phi) is 5.93. The molecule has 0 spiro atoms. The van der Waals surface area contributed by atoms with Crippen LogP contribution in [0.2, 0.25) is 0 Å². The molecule has 4 aromatic heterocycles. The normalized spacial score (nSPS) is 11.7. The fourth-order valence-electron chi connectivity index (χ4n) is 3.10. The van der Waals surface area contributed by atoms with Crippen LogP contribution < -0.4 is 10.6 Å². The minimum absolute atomic E-state index is 0.0289. The van der Waals surface area contributed by atoms with Crippen molar-refractivity contribution >= 4 is 50.8 Å². The first-order valence-corrected chi connectivity index (χ1v) is 11.1. The van der Waals surface area contributed by atoms with Crippen molar-refractivity contribution in [3.63, 3.8) is 0 Å². The number of pyridine rings is 1. The summed E-state index contributed by atoms with van der Waals surface area (Å²) in [5.74, 6) is -0.441. The quantitative estimate of drug-likeness (QED) is 0.403. The average molecular weight is 495 g/mol. The summed E-state index contributed by atoms with van der Waals surface area (Å²) in [5, 5.41) is 1.64. The lowest BCUT2D eigenvalue weighted by atomic mass is 10.1. The molecule has 0 atom stereocenters. The molecule has 0 aliphatic heterocycles. The molecule has 0 amide bonds. The van der Waals surface area contributed by atoms with Crippen molar-refractivity contribution < 1.29 is 22.7 Å². The van der Waals surface area contributed by atoms with E-state index >= 15 is 0 Å². The highest BCUT2D eigenvalue weighted by atomic mass is 32.1. The molecular formula is C20H17F3N6O2S2. The van der Waals surface area contributed by atoms with Gasteiger partial charge in [0.25, 0.3) is 0 Å². The molecule has 0 bridgehead atoms. The molecular weight excluding hydrogens is 477 g/mol. The van der Waals surface area contributed by atoms with Gasteiger partial charge in [-0.05, 0) is 30.0 Å². The van der Waals surface area contributed by atoms with E-state index < -0.39 is 17.7 Å². The summed E-state index contributed by atoms with van der Waals surface area (Å²) in [6.07, 6.45) is -4.62. The number of ether oxygens (including phenoxy) is 1. The maximum Gasteiger partial charge on any atom is 0.417 e. The van der Waals surface area contributed by atoms with Crippen molar-refractivity contribution in [3.05, 3.63) is 45.4 Å². The van der Waals surface area contributed by atoms with Gasteiger partial charge in [0.05, 0.1) is 16.1 Å². The molecule has 0 aromatic carbocycles. The molecule has 33 heavy (non-hydrogen) atoms. The number of carbonyl (C=O) groups is 1. The molecule has 172 valence electrons. The number of carbonyl (C=O) groups excluding carboxylic acids is 1. The maximum atomic E-state index is 13.9. The number of aromatic nitrogens is 4. The van der Waals surface area contributed by atoms with Crippen LogP contribution in [0, 0.1) is 6.92 Å². The monoisotopic (exact) mass is 494 g/mol. The Morgan fingerprint density at radius 1 is 1.21 bits per heavy atom. The van der Waals surface area contributed by atoms with Crippen LogP contribution in [0.3, 0.4) is 0 Å². The highest BCUT2D eigenvalue weighted by Gasteiger charge is 2.36. The summed E-state index contributed by atoms with van der Waals surface area (Å²) in [6, 6.07) is 4.44. The molecule has 4 rings (SSSR count). The fraction of sp³-hybridized carbons (Fsp3) is 0.250. The van der Waals surface area contributed by atoms with Crippen molar-refractivity contribution in [1.82, 2.24) is 19.9 Å². The number of alkyl halides is 3. The minimum atomic E-state index is -4.62. The lowest BCUT2D eigenvalue weighted by Crippen LogP contribution is -2.17. The Balaban J connectivity index is 1.70. The first kappa shape index (κ1) is 22.9. The van der Waals surface area contributed by atoms with Crippen LogP contribution in [-0.2, 0) is 17.5 Å². The number of halogens is 3. The third-order valence-corrected chi connectivity index (χ3v) is 6.64. The number of hydrogen-bond acceptors (Lipinski definition) is 10. The molecule has 4 aromatic rings. The van der Waals surface area contributed by atoms with Gasteiger partial charge in [0, 0.05) is 19.5 Å². The minimum Gasteiger partial charge on any atom is -0.453 e. The first-order valence-electron chi connectivity index (χ1n) is 9.44. The van der Waals surface area contributed by atoms with Crippen LogP contribution in [-0.4, -0.2) is 40.0 Å². The highest BCUT2D eigenvalue weighted by Crippen LogP contribution is 2.42. The van der Waals surface area contributed by atoms with E-state index in [4.69, 9.17) is 10.5 Å². The third-order valence-electron chi connectivity index (χ3n) is 4.58. The molecule has 0 fully saturated rings. The molecule has 0 saturated carbocycles. The zero-order valence-corrected chi connectivity index (χ0v) is 19.2. The van der Waals surface area contributed by atoms with Crippen molar-refractivity contribution in [3.8, 4) is 10.6 Å². The molecule has 2 N–H and O–H groups in total. The second kappa shape index (κ2) is 8.56.